The molecule has 1 saturated heterocycles. The maximum atomic E-state index is 12.7. The minimum absolute atomic E-state index is 0.0894. The van der Waals surface area contributed by atoms with E-state index in [-0.39, 0.29) is 12.3 Å². The van der Waals surface area contributed by atoms with Crippen LogP contribution in [0.4, 0.5) is 5.69 Å². The molecule has 6 nitrogen and oxygen atoms in total. The number of carboxylic acid groups (broad SMARTS) is 1. The second-order valence-electron chi connectivity index (χ2n) is 6.16. The van der Waals surface area contributed by atoms with Gasteiger partial charge in [-0.15, -0.1) is 0 Å². The number of hydrogen-bond donors (Lipinski definition) is 1. The zero-order valence-electron chi connectivity index (χ0n) is 14.7. The van der Waals surface area contributed by atoms with Crippen molar-refractivity contribution in [1.82, 2.24) is 0 Å². The summed E-state index contributed by atoms with van der Waals surface area (Å²) in [7, 11) is 3.14. The molecular formula is C20H21NO5. The SMILES string of the molecule is COc1ccc([C@H]2[C@H](C(=O)O)CCC(=O)N2c2ccc(OC)cc2)cc1. The zero-order chi connectivity index (χ0) is 18.7. The Kier molecular flexibility index (Phi) is 5.11. The van der Waals surface area contributed by atoms with Crippen molar-refractivity contribution in [3.8, 4) is 11.5 Å². The summed E-state index contributed by atoms with van der Waals surface area (Å²) < 4.78 is 10.3. The van der Waals surface area contributed by atoms with E-state index >= 15 is 0 Å². The fourth-order valence-electron chi connectivity index (χ4n) is 3.38. The van der Waals surface area contributed by atoms with Crippen molar-refractivity contribution >= 4 is 17.6 Å². The number of amides is 1. The second-order valence-corrected chi connectivity index (χ2v) is 6.16. The molecule has 0 spiro atoms. The number of benzene rings is 2. The Morgan fingerprint density at radius 3 is 2.04 bits per heavy atom. The van der Waals surface area contributed by atoms with Crippen molar-refractivity contribution in [2.75, 3.05) is 19.1 Å². The summed E-state index contributed by atoms with van der Waals surface area (Å²) in [4.78, 5) is 26.2. The number of methoxy groups -OCH3 is 2. The molecule has 1 aliphatic heterocycles. The van der Waals surface area contributed by atoms with E-state index in [0.29, 0.717) is 23.6 Å². The van der Waals surface area contributed by atoms with E-state index in [1.54, 1.807) is 55.5 Å². The van der Waals surface area contributed by atoms with E-state index in [0.717, 1.165) is 5.56 Å². The Morgan fingerprint density at radius 1 is 1.00 bits per heavy atom. The van der Waals surface area contributed by atoms with Crippen LogP contribution < -0.4 is 14.4 Å². The first-order chi connectivity index (χ1) is 12.5. The second kappa shape index (κ2) is 7.47. The summed E-state index contributed by atoms with van der Waals surface area (Å²) in [5.41, 5.74) is 1.42. The number of carbonyl (C=O) groups is 2. The molecule has 1 heterocycles. The highest BCUT2D eigenvalue weighted by Gasteiger charge is 2.41. The average Bonchev–Trinajstić information content (AvgIpc) is 2.67. The minimum Gasteiger partial charge on any atom is -0.497 e. The summed E-state index contributed by atoms with van der Waals surface area (Å²) in [6.45, 7) is 0. The average molecular weight is 355 g/mol. The molecule has 1 fully saturated rings. The Bertz CT molecular complexity index is 785. The Labute approximate surface area is 152 Å². The molecule has 0 saturated carbocycles. The van der Waals surface area contributed by atoms with Crippen LogP contribution in [0.25, 0.3) is 0 Å². The topological polar surface area (TPSA) is 76.1 Å². The smallest absolute Gasteiger partial charge is 0.308 e. The molecule has 136 valence electrons. The van der Waals surface area contributed by atoms with Crippen molar-refractivity contribution in [2.45, 2.75) is 18.9 Å². The van der Waals surface area contributed by atoms with Gasteiger partial charge in [-0.2, -0.15) is 0 Å². The molecule has 0 aromatic heterocycles. The maximum absolute atomic E-state index is 12.7. The van der Waals surface area contributed by atoms with Crippen LogP contribution in [0.15, 0.2) is 48.5 Å². The quantitative estimate of drug-likeness (QED) is 0.891. The van der Waals surface area contributed by atoms with Gasteiger partial charge >= 0.3 is 5.97 Å². The van der Waals surface area contributed by atoms with Gasteiger partial charge in [0.15, 0.2) is 0 Å². The third-order valence-electron chi connectivity index (χ3n) is 4.72. The molecule has 1 aliphatic rings. The van der Waals surface area contributed by atoms with E-state index in [1.165, 1.54) is 0 Å². The van der Waals surface area contributed by atoms with Crippen LogP contribution in [-0.2, 0) is 9.59 Å². The molecule has 0 unspecified atom stereocenters. The highest BCUT2D eigenvalue weighted by atomic mass is 16.5. The molecule has 2 aromatic carbocycles. The third kappa shape index (κ3) is 3.35. The number of hydrogen-bond acceptors (Lipinski definition) is 4. The molecule has 0 radical (unpaired) electrons. The standard InChI is InChI=1S/C20H21NO5/c1-25-15-7-3-13(4-8-15)19-17(20(23)24)11-12-18(22)21(19)14-5-9-16(26-2)10-6-14/h3-10,17,19H,11-12H2,1-2H3,(H,23,24)/t17-,19+/m1/s1. The lowest BCUT2D eigenvalue weighted by atomic mass is 9.84. The van der Waals surface area contributed by atoms with Crippen LogP contribution >= 0.6 is 0 Å². The van der Waals surface area contributed by atoms with E-state index < -0.39 is 17.9 Å². The van der Waals surface area contributed by atoms with Crippen LogP contribution in [0.5, 0.6) is 11.5 Å². The fraction of sp³-hybridized carbons (Fsp3) is 0.300. The van der Waals surface area contributed by atoms with Crippen molar-refractivity contribution in [3.05, 3.63) is 54.1 Å². The van der Waals surface area contributed by atoms with Gasteiger partial charge in [0.1, 0.15) is 11.5 Å². The molecule has 0 aliphatic carbocycles. The van der Waals surface area contributed by atoms with Crippen LogP contribution in [0.3, 0.4) is 0 Å². The molecule has 3 rings (SSSR count). The predicted molar refractivity (Wildman–Crippen MR) is 96.6 cm³/mol. The zero-order valence-corrected chi connectivity index (χ0v) is 14.7. The van der Waals surface area contributed by atoms with Crippen molar-refractivity contribution in [1.29, 1.82) is 0 Å². The lowest BCUT2D eigenvalue weighted by molar-refractivity contribution is -0.144. The molecular weight excluding hydrogens is 334 g/mol. The van der Waals surface area contributed by atoms with E-state index in [1.807, 2.05) is 12.1 Å². The van der Waals surface area contributed by atoms with Gasteiger partial charge in [0, 0.05) is 12.1 Å². The van der Waals surface area contributed by atoms with Crippen molar-refractivity contribution in [2.24, 2.45) is 5.92 Å². The number of rotatable bonds is 5. The maximum Gasteiger partial charge on any atom is 0.308 e. The largest absolute Gasteiger partial charge is 0.497 e. The van der Waals surface area contributed by atoms with E-state index in [4.69, 9.17) is 9.47 Å². The monoisotopic (exact) mass is 355 g/mol. The van der Waals surface area contributed by atoms with Crippen LogP contribution in [0.1, 0.15) is 24.4 Å². The summed E-state index contributed by atoms with van der Waals surface area (Å²) in [6, 6.07) is 13.7. The predicted octanol–water partition coefficient (Wildman–Crippen LogP) is 3.27. The molecule has 26 heavy (non-hydrogen) atoms. The highest BCUT2D eigenvalue weighted by molar-refractivity contribution is 5.96. The van der Waals surface area contributed by atoms with Crippen LogP contribution in [0.2, 0.25) is 0 Å². The van der Waals surface area contributed by atoms with Gasteiger partial charge in [0.05, 0.1) is 26.2 Å². The van der Waals surface area contributed by atoms with Gasteiger partial charge in [-0.3, -0.25) is 9.59 Å². The number of piperidine rings is 1. The van der Waals surface area contributed by atoms with Gasteiger partial charge in [-0.05, 0) is 48.4 Å². The third-order valence-corrected chi connectivity index (χ3v) is 4.72. The normalized spacial score (nSPS) is 19.9. The highest BCUT2D eigenvalue weighted by Crippen LogP contribution is 2.40. The first kappa shape index (κ1) is 17.8. The molecule has 1 N–H and O–H groups in total. The number of carboxylic acids is 1. The number of anilines is 1. The summed E-state index contributed by atoms with van der Waals surface area (Å²) in [5, 5.41) is 9.72. The number of ether oxygens (including phenoxy) is 2. The van der Waals surface area contributed by atoms with Gasteiger partial charge < -0.3 is 19.5 Å². The number of nitrogens with zero attached hydrogens (tertiary/aromatic N) is 1. The lowest BCUT2D eigenvalue weighted by Crippen LogP contribution is -2.45. The molecule has 2 atom stereocenters. The van der Waals surface area contributed by atoms with E-state index in [9.17, 15) is 14.7 Å². The van der Waals surface area contributed by atoms with Gasteiger partial charge in [-0.25, -0.2) is 0 Å². The van der Waals surface area contributed by atoms with Crippen molar-refractivity contribution < 1.29 is 24.2 Å². The Balaban J connectivity index is 2.06. The Morgan fingerprint density at radius 2 is 1.54 bits per heavy atom. The molecule has 2 aromatic rings. The summed E-state index contributed by atoms with van der Waals surface area (Å²) in [6.07, 6.45) is 0.521. The Hall–Kier alpha value is -3.02. The lowest BCUT2D eigenvalue weighted by Gasteiger charge is -2.39. The van der Waals surface area contributed by atoms with Gasteiger partial charge in [0.2, 0.25) is 5.91 Å². The van der Waals surface area contributed by atoms with Crippen LogP contribution in [0, 0.1) is 5.92 Å². The first-order valence-electron chi connectivity index (χ1n) is 8.38. The van der Waals surface area contributed by atoms with Crippen molar-refractivity contribution in [3.63, 3.8) is 0 Å². The number of aliphatic carboxylic acids is 1. The molecule has 0 bridgehead atoms. The fourth-order valence-corrected chi connectivity index (χ4v) is 3.38. The molecule has 6 heteroatoms. The first-order valence-corrected chi connectivity index (χ1v) is 8.38. The van der Waals surface area contributed by atoms with Gasteiger partial charge in [-0.1, -0.05) is 12.1 Å². The van der Waals surface area contributed by atoms with E-state index in [2.05, 4.69) is 0 Å². The summed E-state index contributed by atoms with van der Waals surface area (Å²) in [5.74, 6) is -0.318. The number of carbonyl (C=O) groups excluding carboxylic acids is 1. The molecule has 1 amide bonds. The minimum atomic E-state index is -0.906. The summed E-state index contributed by atoms with van der Waals surface area (Å²) >= 11 is 0. The van der Waals surface area contributed by atoms with Crippen LogP contribution in [-0.4, -0.2) is 31.2 Å². The van der Waals surface area contributed by atoms with Gasteiger partial charge in [0.25, 0.3) is 0 Å².